The van der Waals surface area contributed by atoms with E-state index in [1.165, 1.54) is 6.33 Å². The van der Waals surface area contributed by atoms with Crippen molar-refractivity contribution in [1.82, 2.24) is 14.6 Å². The number of hydrogen-bond donors (Lipinski definition) is 2. The molecule has 3 rings (SSSR count). The second-order valence-corrected chi connectivity index (χ2v) is 4.76. The highest BCUT2D eigenvalue weighted by Crippen LogP contribution is 2.24. The number of aryl methyl sites for hydroxylation is 1. The Morgan fingerprint density at radius 1 is 1.29 bits per heavy atom. The van der Waals surface area contributed by atoms with Crippen molar-refractivity contribution in [2.45, 2.75) is 13.3 Å². The lowest BCUT2D eigenvalue weighted by Gasteiger charge is -2.03. The summed E-state index contributed by atoms with van der Waals surface area (Å²) in [5.41, 5.74) is 14.7. The summed E-state index contributed by atoms with van der Waals surface area (Å²) in [4.78, 5) is 16.7. The van der Waals surface area contributed by atoms with Crippen LogP contribution in [0.15, 0.2) is 36.7 Å². The van der Waals surface area contributed by atoms with Crippen LogP contribution in [0.5, 0.6) is 0 Å². The van der Waals surface area contributed by atoms with Gasteiger partial charge >= 0.3 is 0 Å². The highest BCUT2D eigenvalue weighted by Gasteiger charge is 2.19. The maximum atomic E-state index is 12.7. The highest BCUT2D eigenvalue weighted by atomic mass is 16.1. The number of benzene rings is 1. The molecule has 0 spiro atoms. The Morgan fingerprint density at radius 2 is 2.10 bits per heavy atom. The van der Waals surface area contributed by atoms with Gasteiger partial charge in [0, 0.05) is 16.9 Å². The lowest BCUT2D eigenvalue weighted by molar-refractivity contribution is 0.104. The molecule has 0 fully saturated rings. The quantitative estimate of drug-likeness (QED) is 0.562. The highest BCUT2D eigenvalue weighted by molar-refractivity contribution is 6.15. The molecule has 3 aromatic rings. The summed E-state index contributed by atoms with van der Waals surface area (Å²) in [6.45, 7) is 1.99. The molecule has 0 amide bonds. The van der Waals surface area contributed by atoms with E-state index in [2.05, 4.69) is 10.1 Å². The molecule has 0 aliphatic rings. The van der Waals surface area contributed by atoms with Gasteiger partial charge in [-0.3, -0.25) is 4.79 Å². The number of rotatable bonds is 3. The predicted octanol–water partition coefficient (Wildman–Crippen LogP) is 1.69. The van der Waals surface area contributed by atoms with E-state index in [4.69, 9.17) is 11.5 Å². The molecule has 1 aromatic carbocycles. The minimum Gasteiger partial charge on any atom is -0.399 e. The molecular weight excluding hydrogens is 266 g/mol. The van der Waals surface area contributed by atoms with Gasteiger partial charge in [-0.2, -0.15) is 5.10 Å². The minimum atomic E-state index is -0.138. The van der Waals surface area contributed by atoms with Crippen LogP contribution in [0.4, 0.5) is 11.5 Å². The van der Waals surface area contributed by atoms with Crippen LogP contribution in [-0.4, -0.2) is 20.4 Å². The van der Waals surface area contributed by atoms with E-state index in [1.54, 1.807) is 28.8 Å². The Labute approximate surface area is 121 Å². The number of ketones is 1. The van der Waals surface area contributed by atoms with Gasteiger partial charge in [0.1, 0.15) is 11.8 Å². The normalized spacial score (nSPS) is 10.9. The first-order valence-corrected chi connectivity index (χ1v) is 6.63. The summed E-state index contributed by atoms with van der Waals surface area (Å²) in [5, 5.41) is 4.18. The number of nitrogens with two attached hydrogens (primary N) is 2. The third-order valence-corrected chi connectivity index (χ3v) is 3.41. The zero-order valence-corrected chi connectivity index (χ0v) is 11.6. The topological polar surface area (TPSA) is 99.3 Å². The van der Waals surface area contributed by atoms with E-state index < -0.39 is 0 Å². The molecule has 0 radical (unpaired) electrons. The zero-order chi connectivity index (χ0) is 15.0. The van der Waals surface area contributed by atoms with Crippen molar-refractivity contribution in [2.75, 3.05) is 11.5 Å². The lowest BCUT2D eigenvalue weighted by Crippen LogP contribution is -2.05. The van der Waals surface area contributed by atoms with Crippen LogP contribution in [-0.2, 0) is 6.42 Å². The van der Waals surface area contributed by atoms with Crippen LogP contribution in [0, 0.1) is 0 Å². The zero-order valence-electron chi connectivity index (χ0n) is 11.6. The standard InChI is InChI=1S/C15H15N5O/c1-2-11-7-12(13-15(17)18-8-19-20(11)13)14(21)9-4-3-5-10(16)6-9/h3-8H,2,16H2,1H3,(H2,17,18,19). The molecule has 2 aromatic heterocycles. The Morgan fingerprint density at radius 3 is 2.81 bits per heavy atom. The van der Waals surface area contributed by atoms with Crippen molar-refractivity contribution in [3.8, 4) is 0 Å². The van der Waals surface area contributed by atoms with E-state index in [0.717, 1.165) is 12.1 Å². The first-order valence-electron chi connectivity index (χ1n) is 6.63. The first-order chi connectivity index (χ1) is 10.1. The van der Waals surface area contributed by atoms with Gasteiger partial charge < -0.3 is 11.5 Å². The molecule has 6 heteroatoms. The van der Waals surface area contributed by atoms with Crippen LogP contribution in [0.1, 0.15) is 28.5 Å². The summed E-state index contributed by atoms with van der Waals surface area (Å²) in [6.07, 6.45) is 2.12. The number of carbonyl (C=O) groups is 1. The Balaban J connectivity index is 2.23. The maximum Gasteiger partial charge on any atom is 0.195 e. The van der Waals surface area contributed by atoms with E-state index in [1.807, 2.05) is 13.0 Å². The molecule has 0 unspecified atom stereocenters. The Kier molecular flexibility index (Phi) is 3.06. The first kappa shape index (κ1) is 13.1. The molecule has 0 saturated heterocycles. The number of nitrogen functional groups attached to an aromatic ring is 2. The monoisotopic (exact) mass is 281 g/mol. The van der Waals surface area contributed by atoms with Gasteiger partial charge in [0.2, 0.25) is 0 Å². The fraction of sp³-hybridized carbons (Fsp3) is 0.133. The van der Waals surface area contributed by atoms with Crippen LogP contribution in [0.25, 0.3) is 5.52 Å². The second-order valence-electron chi connectivity index (χ2n) is 4.76. The van der Waals surface area contributed by atoms with E-state index in [-0.39, 0.29) is 11.6 Å². The lowest BCUT2D eigenvalue weighted by atomic mass is 10.0. The smallest absolute Gasteiger partial charge is 0.195 e. The van der Waals surface area contributed by atoms with Crippen molar-refractivity contribution in [2.24, 2.45) is 0 Å². The Hall–Kier alpha value is -2.89. The number of carbonyl (C=O) groups excluding carboxylic acids is 1. The molecule has 0 aliphatic carbocycles. The van der Waals surface area contributed by atoms with Gasteiger partial charge in [-0.15, -0.1) is 0 Å². The van der Waals surface area contributed by atoms with Crippen LogP contribution in [0.3, 0.4) is 0 Å². The van der Waals surface area contributed by atoms with Gasteiger partial charge in [-0.05, 0) is 24.6 Å². The predicted molar refractivity (Wildman–Crippen MR) is 81.1 cm³/mol. The van der Waals surface area contributed by atoms with Gasteiger partial charge in [-0.25, -0.2) is 9.50 Å². The summed E-state index contributed by atoms with van der Waals surface area (Å²) >= 11 is 0. The van der Waals surface area contributed by atoms with Crippen LogP contribution >= 0.6 is 0 Å². The molecule has 0 atom stereocenters. The van der Waals surface area contributed by atoms with E-state index in [9.17, 15) is 4.79 Å². The van der Waals surface area contributed by atoms with Crippen molar-refractivity contribution in [1.29, 1.82) is 0 Å². The molecule has 21 heavy (non-hydrogen) atoms. The number of nitrogens with zero attached hydrogens (tertiary/aromatic N) is 3. The third kappa shape index (κ3) is 2.10. The SMILES string of the molecule is CCc1cc(C(=O)c2cccc(N)c2)c2c(N)ncnn12. The average Bonchev–Trinajstić information content (AvgIpc) is 2.86. The number of aromatic nitrogens is 3. The van der Waals surface area contributed by atoms with E-state index >= 15 is 0 Å². The maximum absolute atomic E-state index is 12.7. The third-order valence-electron chi connectivity index (χ3n) is 3.41. The van der Waals surface area contributed by atoms with Gasteiger partial charge in [0.25, 0.3) is 0 Å². The summed E-state index contributed by atoms with van der Waals surface area (Å²) < 4.78 is 1.67. The summed E-state index contributed by atoms with van der Waals surface area (Å²) in [5.74, 6) is 0.151. The second kappa shape index (κ2) is 4.90. The molecule has 4 N–H and O–H groups in total. The summed E-state index contributed by atoms with van der Waals surface area (Å²) in [7, 11) is 0. The number of hydrogen-bond acceptors (Lipinski definition) is 5. The van der Waals surface area contributed by atoms with E-state index in [0.29, 0.717) is 22.3 Å². The number of fused-ring (bicyclic) bond motifs is 1. The average molecular weight is 281 g/mol. The molecule has 2 heterocycles. The molecule has 0 aliphatic heterocycles. The summed E-state index contributed by atoms with van der Waals surface area (Å²) in [6, 6.07) is 8.68. The molecular formula is C15H15N5O. The largest absolute Gasteiger partial charge is 0.399 e. The van der Waals surface area contributed by atoms with Crippen LogP contribution in [0.2, 0.25) is 0 Å². The molecule has 0 saturated carbocycles. The number of anilines is 2. The van der Waals surface area contributed by atoms with Crippen molar-refractivity contribution < 1.29 is 4.79 Å². The Bertz CT molecular complexity index is 837. The van der Waals surface area contributed by atoms with Gasteiger partial charge in [-0.1, -0.05) is 19.1 Å². The van der Waals surface area contributed by atoms with Crippen molar-refractivity contribution >= 4 is 22.8 Å². The fourth-order valence-corrected chi connectivity index (χ4v) is 2.39. The van der Waals surface area contributed by atoms with Crippen molar-refractivity contribution in [3.63, 3.8) is 0 Å². The van der Waals surface area contributed by atoms with Gasteiger partial charge in [0.15, 0.2) is 11.6 Å². The van der Waals surface area contributed by atoms with Crippen LogP contribution < -0.4 is 11.5 Å². The molecule has 6 nitrogen and oxygen atoms in total. The fourth-order valence-electron chi connectivity index (χ4n) is 2.39. The molecule has 0 bridgehead atoms. The molecule has 106 valence electrons. The van der Waals surface area contributed by atoms with Gasteiger partial charge in [0.05, 0.1) is 5.56 Å². The van der Waals surface area contributed by atoms with Crippen molar-refractivity contribution in [3.05, 3.63) is 53.5 Å². The minimum absolute atomic E-state index is 0.138.